The second-order valence-corrected chi connectivity index (χ2v) is 5.19. The number of benzene rings is 1. The zero-order chi connectivity index (χ0) is 11.4. The summed E-state index contributed by atoms with van der Waals surface area (Å²) in [5, 5.41) is 14.0. The fraction of sp³-hybridized carbons (Fsp3) is 0.0833. The Kier molecular flexibility index (Phi) is 3.60. The highest BCUT2D eigenvalue weighted by molar-refractivity contribution is 9.10. The molecule has 0 aliphatic heterocycles. The Morgan fingerprint density at radius 3 is 2.62 bits per heavy atom. The van der Waals surface area contributed by atoms with Gasteiger partial charge in [-0.2, -0.15) is 5.26 Å². The molecular formula is C12H9BrN2S. The smallest absolute Gasteiger partial charge is 0.0991 e. The Morgan fingerprint density at radius 1 is 1.31 bits per heavy atom. The normalized spacial score (nSPS) is 9.75. The van der Waals surface area contributed by atoms with Crippen molar-refractivity contribution in [1.82, 2.24) is 0 Å². The van der Waals surface area contributed by atoms with Crippen molar-refractivity contribution >= 4 is 33.0 Å². The minimum Gasteiger partial charge on any atom is -0.380 e. The molecule has 2 nitrogen and oxygen atoms in total. The molecule has 0 amide bonds. The number of rotatable bonds is 3. The predicted molar refractivity (Wildman–Crippen MR) is 70.5 cm³/mol. The van der Waals surface area contributed by atoms with Gasteiger partial charge >= 0.3 is 0 Å². The molecule has 0 spiro atoms. The molecule has 1 aromatic carbocycles. The van der Waals surface area contributed by atoms with Gasteiger partial charge in [0.05, 0.1) is 11.6 Å². The first-order chi connectivity index (χ1) is 7.78. The Hall–Kier alpha value is -1.31. The molecule has 1 aromatic heterocycles. The summed E-state index contributed by atoms with van der Waals surface area (Å²) in [5.74, 6) is 0. The number of nitrogens with zero attached hydrogens (tertiary/aromatic N) is 1. The zero-order valence-electron chi connectivity index (χ0n) is 8.40. The molecule has 0 aliphatic carbocycles. The summed E-state index contributed by atoms with van der Waals surface area (Å²) < 4.78 is 1.12. The molecule has 2 rings (SSSR count). The van der Waals surface area contributed by atoms with Gasteiger partial charge in [0, 0.05) is 27.0 Å². The van der Waals surface area contributed by atoms with E-state index < -0.39 is 0 Å². The lowest BCUT2D eigenvalue weighted by Gasteiger charge is -2.03. The van der Waals surface area contributed by atoms with Gasteiger partial charge < -0.3 is 5.32 Å². The maximum Gasteiger partial charge on any atom is 0.0991 e. The van der Waals surface area contributed by atoms with Gasteiger partial charge in [0.2, 0.25) is 0 Å². The highest BCUT2D eigenvalue weighted by Crippen LogP contribution is 2.20. The Labute approximate surface area is 107 Å². The van der Waals surface area contributed by atoms with Crippen molar-refractivity contribution in [2.24, 2.45) is 0 Å². The van der Waals surface area contributed by atoms with Gasteiger partial charge in [-0.05, 0) is 46.3 Å². The van der Waals surface area contributed by atoms with E-state index in [0.717, 1.165) is 16.7 Å². The quantitative estimate of drug-likeness (QED) is 0.928. The lowest BCUT2D eigenvalue weighted by Crippen LogP contribution is -1.96. The largest absolute Gasteiger partial charge is 0.380 e. The lowest BCUT2D eigenvalue weighted by molar-refractivity contribution is 1.19. The number of hydrogen-bond acceptors (Lipinski definition) is 3. The average Bonchev–Trinajstić information content (AvgIpc) is 2.73. The van der Waals surface area contributed by atoms with Gasteiger partial charge in [-0.15, -0.1) is 11.3 Å². The first-order valence-electron chi connectivity index (χ1n) is 4.75. The molecule has 0 atom stereocenters. The van der Waals surface area contributed by atoms with Crippen LogP contribution in [-0.2, 0) is 6.54 Å². The van der Waals surface area contributed by atoms with Crippen LogP contribution in [0.5, 0.6) is 0 Å². The minimum absolute atomic E-state index is 0.685. The summed E-state index contributed by atoms with van der Waals surface area (Å²) in [5.41, 5.74) is 1.72. The van der Waals surface area contributed by atoms with Crippen molar-refractivity contribution in [3.63, 3.8) is 0 Å². The second-order valence-electron chi connectivity index (χ2n) is 3.27. The lowest BCUT2D eigenvalue weighted by atomic mass is 10.2. The number of halogens is 1. The van der Waals surface area contributed by atoms with Crippen molar-refractivity contribution < 1.29 is 0 Å². The van der Waals surface area contributed by atoms with Crippen molar-refractivity contribution in [2.75, 3.05) is 5.32 Å². The van der Waals surface area contributed by atoms with Crippen LogP contribution in [0.4, 0.5) is 5.69 Å². The number of nitrogens with one attached hydrogen (secondary N) is 1. The van der Waals surface area contributed by atoms with Crippen LogP contribution in [0.15, 0.2) is 40.2 Å². The molecule has 0 bridgehead atoms. The summed E-state index contributed by atoms with van der Waals surface area (Å²) in [6.45, 7) is 0.808. The first-order valence-corrected chi connectivity index (χ1v) is 6.42. The van der Waals surface area contributed by atoms with Crippen LogP contribution in [0.3, 0.4) is 0 Å². The van der Waals surface area contributed by atoms with Crippen LogP contribution < -0.4 is 5.32 Å². The Bertz CT molecular complexity index is 511. The van der Waals surface area contributed by atoms with Gasteiger partial charge in [0.15, 0.2) is 0 Å². The van der Waals surface area contributed by atoms with E-state index in [1.807, 2.05) is 24.3 Å². The van der Waals surface area contributed by atoms with E-state index in [0.29, 0.717) is 5.56 Å². The van der Waals surface area contributed by atoms with Gasteiger partial charge in [0.25, 0.3) is 0 Å². The molecule has 0 aliphatic rings. The van der Waals surface area contributed by atoms with Gasteiger partial charge in [-0.3, -0.25) is 0 Å². The zero-order valence-corrected chi connectivity index (χ0v) is 10.8. The van der Waals surface area contributed by atoms with E-state index in [1.54, 1.807) is 11.3 Å². The molecular weight excluding hydrogens is 284 g/mol. The van der Waals surface area contributed by atoms with Crippen LogP contribution in [0.1, 0.15) is 10.4 Å². The fourth-order valence-corrected chi connectivity index (χ4v) is 2.69. The SMILES string of the molecule is N#Cc1ccc(NCc2cc(Br)cs2)cc1. The van der Waals surface area contributed by atoms with E-state index in [2.05, 4.69) is 38.8 Å². The third kappa shape index (κ3) is 2.84. The highest BCUT2D eigenvalue weighted by Gasteiger charge is 1.97. The third-order valence-electron chi connectivity index (χ3n) is 2.10. The molecule has 0 radical (unpaired) electrons. The maximum absolute atomic E-state index is 8.67. The van der Waals surface area contributed by atoms with Crippen molar-refractivity contribution in [3.05, 3.63) is 50.6 Å². The molecule has 2 aromatic rings. The number of anilines is 1. The monoisotopic (exact) mass is 292 g/mol. The number of hydrogen-bond donors (Lipinski definition) is 1. The molecule has 80 valence electrons. The summed E-state index contributed by atoms with van der Waals surface area (Å²) in [4.78, 5) is 1.27. The van der Waals surface area contributed by atoms with Gasteiger partial charge in [-0.1, -0.05) is 0 Å². The van der Waals surface area contributed by atoms with E-state index in [4.69, 9.17) is 5.26 Å². The van der Waals surface area contributed by atoms with Crippen molar-refractivity contribution in [1.29, 1.82) is 5.26 Å². The molecule has 16 heavy (non-hydrogen) atoms. The second kappa shape index (κ2) is 5.15. The molecule has 1 heterocycles. The van der Waals surface area contributed by atoms with Crippen molar-refractivity contribution in [3.8, 4) is 6.07 Å². The molecule has 1 N–H and O–H groups in total. The maximum atomic E-state index is 8.67. The molecule has 0 saturated heterocycles. The third-order valence-corrected chi connectivity index (χ3v) is 3.80. The van der Waals surface area contributed by atoms with E-state index in [9.17, 15) is 0 Å². The van der Waals surface area contributed by atoms with Crippen LogP contribution in [0.2, 0.25) is 0 Å². The average molecular weight is 293 g/mol. The highest BCUT2D eigenvalue weighted by atomic mass is 79.9. The van der Waals surface area contributed by atoms with Gasteiger partial charge in [-0.25, -0.2) is 0 Å². The summed E-state index contributed by atoms with van der Waals surface area (Å²) in [6.07, 6.45) is 0. The fourth-order valence-electron chi connectivity index (χ4n) is 1.30. The first kappa shape index (κ1) is 11.2. The predicted octanol–water partition coefficient (Wildman–Crippen LogP) is 3.99. The van der Waals surface area contributed by atoms with Crippen LogP contribution >= 0.6 is 27.3 Å². The van der Waals surface area contributed by atoms with Crippen LogP contribution in [0, 0.1) is 11.3 Å². The standard InChI is InChI=1S/C12H9BrN2S/c13-10-5-12(16-8-10)7-15-11-3-1-9(6-14)2-4-11/h1-5,8,15H,7H2. The Balaban J connectivity index is 1.97. The molecule has 0 fully saturated rings. The Morgan fingerprint density at radius 2 is 2.06 bits per heavy atom. The minimum atomic E-state index is 0.685. The van der Waals surface area contributed by atoms with Crippen molar-refractivity contribution in [2.45, 2.75) is 6.54 Å². The molecule has 0 saturated carbocycles. The van der Waals surface area contributed by atoms with E-state index >= 15 is 0 Å². The van der Waals surface area contributed by atoms with Crippen LogP contribution in [0.25, 0.3) is 0 Å². The summed E-state index contributed by atoms with van der Waals surface area (Å²) >= 11 is 5.14. The number of thiophene rings is 1. The van der Waals surface area contributed by atoms with Crippen LogP contribution in [-0.4, -0.2) is 0 Å². The molecule has 0 unspecified atom stereocenters. The topological polar surface area (TPSA) is 35.8 Å². The summed E-state index contributed by atoms with van der Waals surface area (Å²) in [6, 6.07) is 11.7. The molecule has 4 heteroatoms. The van der Waals surface area contributed by atoms with E-state index in [-0.39, 0.29) is 0 Å². The van der Waals surface area contributed by atoms with Gasteiger partial charge in [0.1, 0.15) is 0 Å². The summed E-state index contributed by atoms with van der Waals surface area (Å²) in [7, 11) is 0. The number of nitriles is 1. The van der Waals surface area contributed by atoms with E-state index in [1.165, 1.54) is 4.88 Å².